The third kappa shape index (κ3) is 7.26. The smallest absolute Gasteiger partial charge is 0.243 e. The molecule has 6 heteroatoms. The van der Waals surface area contributed by atoms with Crippen molar-refractivity contribution >= 4 is 23.6 Å². The lowest BCUT2D eigenvalue weighted by Gasteiger charge is -2.31. The Balaban J connectivity index is 1.73. The summed E-state index contributed by atoms with van der Waals surface area (Å²) >= 11 is 1.60. The predicted octanol–water partition coefficient (Wildman–Crippen LogP) is 5.10. The molecule has 0 saturated heterocycles. The maximum atomic E-state index is 13.4. The van der Waals surface area contributed by atoms with E-state index in [0.29, 0.717) is 18.7 Å². The molecule has 1 aliphatic carbocycles. The van der Waals surface area contributed by atoms with Crippen LogP contribution in [0.5, 0.6) is 5.75 Å². The number of carbonyl (C=O) groups excluding carboxylic acids is 2. The van der Waals surface area contributed by atoms with Crippen molar-refractivity contribution in [2.45, 2.75) is 70.3 Å². The predicted molar refractivity (Wildman–Crippen MR) is 135 cm³/mol. The van der Waals surface area contributed by atoms with Crippen LogP contribution in [0.4, 0.5) is 0 Å². The molecule has 1 atom stereocenters. The highest BCUT2D eigenvalue weighted by Gasteiger charge is 2.30. The largest absolute Gasteiger partial charge is 0.497 e. The van der Waals surface area contributed by atoms with Gasteiger partial charge in [-0.1, -0.05) is 56.2 Å². The highest BCUT2D eigenvalue weighted by Crippen LogP contribution is 2.22. The van der Waals surface area contributed by atoms with Crippen molar-refractivity contribution in [3.05, 3.63) is 65.2 Å². The number of amides is 2. The first kappa shape index (κ1) is 25.2. The molecular weight excluding hydrogens is 432 g/mol. The van der Waals surface area contributed by atoms with Crippen LogP contribution in [-0.4, -0.2) is 41.7 Å². The van der Waals surface area contributed by atoms with E-state index in [1.165, 1.54) is 11.1 Å². The summed E-state index contributed by atoms with van der Waals surface area (Å²) in [5.74, 6) is 1.81. The van der Waals surface area contributed by atoms with Gasteiger partial charge in [0.1, 0.15) is 11.8 Å². The van der Waals surface area contributed by atoms with Gasteiger partial charge in [0.15, 0.2) is 0 Å². The zero-order valence-electron chi connectivity index (χ0n) is 20.0. The number of aryl methyl sites for hydroxylation is 1. The van der Waals surface area contributed by atoms with Gasteiger partial charge in [-0.3, -0.25) is 9.59 Å². The second-order valence-electron chi connectivity index (χ2n) is 8.71. The van der Waals surface area contributed by atoms with Gasteiger partial charge in [-0.25, -0.2) is 0 Å². The molecule has 1 aliphatic rings. The van der Waals surface area contributed by atoms with Crippen LogP contribution >= 0.6 is 11.8 Å². The van der Waals surface area contributed by atoms with Crippen LogP contribution in [0.25, 0.3) is 0 Å². The Kier molecular flexibility index (Phi) is 9.67. The molecule has 0 heterocycles. The monoisotopic (exact) mass is 468 g/mol. The van der Waals surface area contributed by atoms with Gasteiger partial charge in [-0.15, -0.1) is 11.8 Å². The molecule has 0 aromatic heterocycles. The molecule has 1 fully saturated rings. The third-order valence-electron chi connectivity index (χ3n) is 6.32. The lowest BCUT2D eigenvalue weighted by Crippen LogP contribution is -2.51. The molecule has 3 rings (SSSR count). The number of methoxy groups -OCH3 is 1. The van der Waals surface area contributed by atoms with Crippen molar-refractivity contribution in [1.82, 2.24) is 10.2 Å². The topological polar surface area (TPSA) is 58.6 Å². The van der Waals surface area contributed by atoms with E-state index < -0.39 is 6.04 Å². The van der Waals surface area contributed by atoms with Crippen molar-refractivity contribution in [2.75, 3.05) is 12.9 Å². The van der Waals surface area contributed by atoms with Gasteiger partial charge in [-0.05, 0) is 55.0 Å². The summed E-state index contributed by atoms with van der Waals surface area (Å²) in [6.45, 7) is 4.45. The number of ether oxygens (including phenoxy) is 1. The Morgan fingerprint density at radius 3 is 2.61 bits per heavy atom. The lowest BCUT2D eigenvalue weighted by atomic mass is 10.1. The minimum absolute atomic E-state index is 0.00942. The van der Waals surface area contributed by atoms with Crippen molar-refractivity contribution in [2.24, 2.45) is 0 Å². The number of nitrogens with zero attached hydrogens (tertiary/aromatic N) is 1. The zero-order valence-corrected chi connectivity index (χ0v) is 20.8. The summed E-state index contributed by atoms with van der Waals surface area (Å²) in [6, 6.07) is 15.7. The van der Waals surface area contributed by atoms with Gasteiger partial charge in [-0.2, -0.15) is 0 Å². The Morgan fingerprint density at radius 1 is 1.15 bits per heavy atom. The molecular formula is C27H36N2O3S. The number of rotatable bonds is 11. The van der Waals surface area contributed by atoms with Crippen LogP contribution in [0.3, 0.4) is 0 Å². The summed E-state index contributed by atoms with van der Waals surface area (Å²) in [7, 11) is 1.63. The normalized spacial score (nSPS) is 14.6. The standard InChI is InChI=1S/C27H36N2O3S/c1-4-25(27(31)28-23-13-7-8-14-23)29(17-21-11-9-15-24(16-21)32-3)26(30)19-33-18-22-12-6-5-10-20(22)2/h5-6,9-12,15-16,23,25H,4,7-8,13-14,17-19H2,1-3H3,(H,28,31)/t25-/m1/s1. The molecule has 2 amide bonds. The fraction of sp³-hybridized carbons (Fsp3) is 0.481. The minimum atomic E-state index is -0.483. The maximum absolute atomic E-state index is 13.4. The molecule has 5 nitrogen and oxygen atoms in total. The molecule has 0 radical (unpaired) electrons. The quantitative estimate of drug-likeness (QED) is 0.498. The first-order chi connectivity index (χ1) is 16.0. The molecule has 2 aromatic carbocycles. The van der Waals surface area contributed by atoms with Crippen molar-refractivity contribution in [3.63, 3.8) is 0 Å². The SMILES string of the molecule is CC[C@H](C(=O)NC1CCCC1)N(Cc1cccc(OC)c1)C(=O)CSCc1ccccc1C. The molecule has 2 aromatic rings. The van der Waals surface area contributed by atoms with Gasteiger partial charge in [0.05, 0.1) is 12.9 Å². The molecule has 0 spiro atoms. The molecule has 0 unspecified atom stereocenters. The molecule has 178 valence electrons. The van der Waals surface area contributed by atoms with Gasteiger partial charge in [0.2, 0.25) is 11.8 Å². The first-order valence-electron chi connectivity index (χ1n) is 11.9. The van der Waals surface area contributed by atoms with E-state index in [9.17, 15) is 9.59 Å². The fourth-order valence-corrected chi connectivity index (χ4v) is 5.34. The number of carbonyl (C=O) groups is 2. The van der Waals surface area contributed by atoms with E-state index in [-0.39, 0.29) is 17.9 Å². The van der Waals surface area contributed by atoms with Crippen molar-refractivity contribution in [3.8, 4) is 5.75 Å². The summed E-state index contributed by atoms with van der Waals surface area (Å²) in [5.41, 5.74) is 3.42. The second-order valence-corrected chi connectivity index (χ2v) is 9.69. The lowest BCUT2D eigenvalue weighted by molar-refractivity contribution is -0.139. The number of benzene rings is 2. The fourth-order valence-electron chi connectivity index (χ4n) is 4.36. The molecule has 33 heavy (non-hydrogen) atoms. The average Bonchev–Trinajstić information content (AvgIpc) is 3.33. The van der Waals surface area contributed by atoms with Crippen LogP contribution in [0.1, 0.15) is 55.7 Å². The highest BCUT2D eigenvalue weighted by atomic mass is 32.2. The Bertz CT molecular complexity index is 927. The van der Waals surface area contributed by atoms with E-state index in [4.69, 9.17) is 4.74 Å². The number of nitrogens with one attached hydrogen (secondary N) is 1. The Labute approximate surface area is 202 Å². The third-order valence-corrected chi connectivity index (χ3v) is 7.29. The number of hydrogen-bond acceptors (Lipinski definition) is 4. The van der Waals surface area contributed by atoms with Crippen LogP contribution in [0.2, 0.25) is 0 Å². The van der Waals surface area contributed by atoms with Crippen LogP contribution < -0.4 is 10.1 Å². The minimum Gasteiger partial charge on any atom is -0.497 e. The highest BCUT2D eigenvalue weighted by molar-refractivity contribution is 7.99. The van der Waals surface area contributed by atoms with E-state index in [1.54, 1.807) is 23.8 Å². The summed E-state index contributed by atoms with van der Waals surface area (Å²) < 4.78 is 5.36. The van der Waals surface area contributed by atoms with Gasteiger partial charge < -0.3 is 15.0 Å². The van der Waals surface area contributed by atoms with Gasteiger partial charge in [0, 0.05) is 18.3 Å². The van der Waals surface area contributed by atoms with Crippen molar-refractivity contribution < 1.29 is 14.3 Å². The van der Waals surface area contributed by atoms with Crippen LogP contribution in [0, 0.1) is 6.92 Å². The zero-order chi connectivity index (χ0) is 23.6. The summed E-state index contributed by atoms with van der Waals surface area (Å²) in [4.78, 5) is 28.4. The molecule has 1 saturated carbocycles. The van der Waals surface area contributed by atoms with Gasteiger partial charge >= 0.3 is 0 Å². The van der Waals surface area contributed by atoms with E-state index >= 15 is 0 Å². The van der Waals surface area contributed by atoms with E-state index in [1.807, 2.05) is 43.3 Å². The van der Waals surface area contributed by atoms with Gasteiger partial charge in [0.25, 0.3) is 0 Å². The number of thioether (sulfide) groups is 1. The van der Waals surface area contributed by atoms with Crippen LogP contribution in [-0.2, 0) is 21.9 Å². The molecule has 1 N–H and O–H groups in total. The first-order valence-corrected chi connectivity index (χ1v) is 13.0. The van der Waals surface area contributed by atoms with Crippen molar-refractivity contribution in [1.29, 1.82) is 0 Å². The average molecular weight is 469 g/mol. The number of hydrogen-bond donors (Lipinski definition) is 1. The second kappa shape index (κ2) is 12.7. The Hall–Kier alpha value is -2.47. The molecule has 0 aliphatic heterocycles. The summed E-state index contributed by atoms with van der Waals surface area (Å²) in [6.07, 6.45) is 4.95. The summed E-state index contributed by atoms with van der Waals surface area (Å²) in [5, 5.41) is 3.20. The molecule has 0 bridgehead atoms. The van der Waals surface area contributed by atoms with E-state index in [0.717, 1.165) is 42.7 Å². The maximum Gasteiger partial charge on any atom is 0.243 e. The van der Waals surface area contributed by atoms with Crippen LogP contribution in [0.15, 0.2) is 48.5 Å². The van der Waals surface area contributed by atoms with E-state index in [2.05, 4.69) is 24.4 Å². The Morgan fingerprint density at radius 2 is 1.91 bits per heavy atom.